The molecule has 0 saturated carbocycles. The van der Waals surface area contributed by atoms with Gasteiger partial charge in [-0.2, -0.15) is 0 Å². The molecule has 0 atom stereocenters. The van der Waals surface area contributed by atoms with Crippen LogP contribution in [0.25, 0.3) is 49.5 Å². The topological polar surface area (TPSA) is 17.8 Å². The molecule has 0 saturated heterocycles. The van der Waals surface area contributed by atoms with Gasteiger partial charge in [0.25, 0.3) is 0 Å². The molecule has 33 heavy (non-hydrogen) atoms. The summed E-state index contributed by atoms with van der Waals surface area (Å²) in [7, 11) is 0. The van der Waals surface area contributed by atoms with Crippen molar-refractivity contribution in [3.8, 4) is 16.9 Å². The number of benzene rings is 4. The van der Waals surface area contributed by atoms with Gasteiger partial charge in [-0.15, -0.1) is 0 Å². The van der Waals surface area contributed by atoms with E-state index in [1.165, 1.54) is 38.1 Å². The van der Waals surface area contributed by atoms with E-state index in [2.05, 4.69) is 122 Å². The first-order valence-corrected chi connectivity index (χ1v) is 11.5. The molecule has 160 valence electrons. The Bertz CT molecular complexity index is 1590. The van der Waals surface area contributed by atoms with Gasteiger partial charge in [0.1, 0.15) is 0 Å². The fraction of sp³-hybridized carbons (Fsp3) is 0.129. The molecule has 0 unspecified atom stereocenters. The van der Waals surface area contributed by atoms with Crippen LogP contribution in [0.15, 0.2) is 103 Å². The molecule has 0 amide bonds. The van der Waals surface area contributed by atoms with Crippen molar-refractivity contribution in [2.45, 2.75) is 26.2 Å². The van der Waals surface area contributed by atoms with Gasteiger partial charge in [-0.3, -0.25) is 4.98 Å². The molecule has 0 radical (unpaired) electrons. The van der Waals surface area contributed by atoms with Crippen molar-refractivity contribution in [3.63, 3.8) is 0 Å². The lowest BCUT2D eigenvalue weighted by Crippen LogP contribution is -2.12. The third kappa shape index (κ3) is 3.22. The number of hydrogen-bond acceptors (Lipinski definition) is 1. The van der Waals surface area contributed by atoms with E-state index < -0.39 is 0 Å². The van der Waals surface area contributed by atoms with Gasteiger partial charge >= 0.3 is 0 Å². The van der Waals surface area contributed by atoms with Crippen molar-refractivity contribution in [1.29, 1.82) is 0 Å². The largest absolute Gasteiger partial charge is 0.309 e. The standard InChI is InChI=1S/C31H26N2/c1-31(2,3)27-19-22(18-21-10-4-5-11-24(21)27)28-20-23(16-17-32-28)33-29-14-8-6-12-25(29)26-13-7-9-15-30(26)33/h4-20H,1-3H3. The first-order valence-electron chi connectivity index (χ1n) is 11.5. The Balaban J connectivity index is 1.60. The normalized spacial score (nSPS) is 12.1. The smallest absolute Gasteiger partial charge is 0.0723 e. The Kier molecular flexibility index (Phi) is 4.38. The Labute approximate surface area is 194 Å². The first-order chi connectivity index (χ1) is 16.0. The number of fused-ring (bicyclic) bond motifs is 4. The fourth-order valence-electron chi connectivity index (χ4n) is 5.00. The van der Waals surface area contributed by atoms with Crippen LogP contribution in [-0.4, -0.2) is 9.55 Å². The molecule has 2 heterocycles. The average Bonchev–Trinajstić information content (AvgIpc) is 3.17. The number of aromatic nitrogens is 2. The summed E-state index contributed by atoms with van der Waals surface area (Å²) >= 11 is 0. The minimum absolute atomic E-state index is 0.0417. The van der Waals surface area contributed by atoms with E-state index in [9.17, 15) is 0 Å². The third-order valence-corrected chi connectivity index (χ3v) is 6.55. The molecular formula is C31H26N2. The quantitative estimate of drug-likeness (QED) is 0.272. The van der Waals surface area contributed by atoms with Crippen molar-refractivity contribution < 1.29 is 0 Å². The van der Waals surface area contributed by atoms with E-state index in [4.69, 9.17) is 4.98 Å². The summed E-state index contributed by atoms with van der Waals surface area (Å²) in [6.07, 6.45) is 1.93. The van der Waals surface area contributed by atoms with E-state index in [0.717, 1.165) is 16.9 Å². The van der Waals surface area contributed by atoms with Crippen LogP contribution in [0.4, 0.5) is 0 Å². The maximum atomic E-state index is 4.80. The third-order valence-electron chi connectivity index (χ3n) is 6.55. The van der Waals surface area contributed by atoms with Gasteiger partial charge in [0.05, 0.1) is 16.7 Å². The van der Waals surface area contributed by atoms with E-state index in [-0.39, 0.29) is 5.41 Å². The Morgan fingerprint density at radius 3 is 1.91 bits per heavy atom. The van der Waals surface area contributed by atoms with Gasteiger partial charge in [0.2, 0.25) is 0 Å². The lowest BCUT2D eigenvalue weighted by molar-refractivity contribution is 0.596. The molecule has 2 aromatic heterocycles. The van der Waals surface area contributed by atoms with E-state index >= 15 is 0 Å². The van der Waals surface area contributed by atoms with Gasteiger partial charge in [-0.25, -0.2) is 0 Å². The van der Waals surface area contributed by atoms with Crippen molar-refractivity contribution in [3.05, 3.63) is 109 Å². The summed E-state index contributed by atoms with van der Waals surface area (Å²) in [5, 5.41) is 5.11. The molecule has 0 aliphatic carbocycles. The van der Waals surface area contributed by atoms with Crippen molar-refractivity contribution in [2.75, 3.05) is 0 Å². The van der Waals surface area contributed by atoms with Crippen molar-refractivity contribution >= 4 is 32.6 Å². The van der Waals surface area contributed by atoms with Crippen molar-refractivity contribution in [1.82, 2.24) is 9.55 Å². The van der Waals surface area contributed by atoms with Crippen LogP contribution in [0.1, 0.15) is 26.3 Å². The molecule has 0 spiro atoms. The van der Waals surface area contributed by atoms with Crippen LogP contribution >= 0.6 is 0 Å². The zero-order valence-electron chi connectivity index (χ0n) is 19.2. The molecule has 0 N–H and O–H groups in total. The predicted octanol–water partition coefficient (Wildman–Crippen LogP) is 8.30. The van der Waals surface area contributed by atoms with Crippen LogP contribution in [-0.2, 0) is 5.41 Å². The maximum Gasteiger partial charge on any atom is 0.0723 e. The van der Waals surface area contributed by atoms with Crippen LogP contribution in [0.5, 0.6) is 0 Å². The summed E-state index contributed by atoms with van der Waals surface area (Å²) in [6.45, 7) is 6.83. The Hall–Kier alpha value is -3.91. The molecule has 0 aliphatic rings. The lowest BCUT2D eigenvalue weighted by atomic mass is 9.82. The molecule has 4 aromatic carbocycles. The summed E-state index contributed by atoms with van der Waals surface area (Å²) in [6, 6.07) is 34.8. The van der Waals surface area contributed by atoms with Crippen molar-refractivity contribution in [2.24, 2.45) is 0 Å². The number of hydrogen-bond donors (Lipinski definition) is 0. The number of pyridine rings is 1. The zero-order chi connectivity index (χ0) is 22.6. The summed E-state index contributed by atoms with van der Waals surface area (Å²) in [5.74, 6) is 0. The highest BCUT2D eigenvalue weighted by Crippen LogP contribution is 2.36. The highest BCUT2D eigenvalue weighted by molar-refractivity contribution is 6.09. The van der Waals surface area contributed by atoms with Gasteiger partial charge in [0, 0.05) is 28.2 Å². The fourth-order valence-corrected chi connectivity index (χ4v) is 5.00. The predicted molar refractivity (Wildman–Crippen MR) is 140 cm³/mol. The summed E-state index contributed by atoms with van der Waals surface area (Å²) in [5.41, 5.74) is 7.09. The second kappa shape index (κ2) is 7.31. The van der Waals surface area contributed by atoms with E-state index in [1.54, 1.807) is 0 Å². The van der Waals surface area contributed by atoms with Gasteiger partial charge in [-0.1, -0.05) is 81.4 Å². The second-order valence-electron chi connectivity index (χ2n) is 9.76. The molecule has 2 heteroatoms. The molecule has 6 rings (SSSR count). The number of rotatable bonds is 2. The van der Waals surface area contributed by atoms with Crippen LogP contribution in [0.3, 0.4) is 0 Å². The van der Waals surface area contributed by atoms with Gasteiger partial charge in [0.15, 0.2) is 0 Å². The maximum absolute atomic E-state index is 4.80. The monoisotopic (exact) mass is 426 g/mol. The molecule has 6 aromatic rings. The Morgan fingerprint density at radius 2 is 1.24 bits per heavy atom. The van der Waals surface area contributed by atoms with E-state index in [0.29, 0.717) is 0 Å². The molecule has 0 bridgehead atoms. The van der Waals surface area contributed by atoms with Crippen LogP contribution < -0.4 is 0 Å². The Morgan fingerprint density at radius 1 is 0.636 bits per heavy atom. The molecule has 0 aliphatic heterocycles. The first kappa shape index (κ1) is 19.8. The van der Waals surface area contributed by atoms with Crippen LogP contribution in [0, 0.1) is 0 Å². The highest BCUT2D eigenvalue weighted by atomic mass is 15.0. The highest BCUT2D eigenvalue weighted by Gasteiger charge is 2.19. The lowest BCUT2D eigenvalue weighted by Gasteiger charge is -2.23. The zero-order valence-corrected chi connectivity index (χ0v) is 19.2. The van der Waals surface area contributed by atoms with Gasteiger partial charge < -0.3 is 4.57 Å². The molecule has 2 nitrogen and oxygen atoms in total. The van der Waals surface area contributed by atoms with E-state index in [1.807, 2.05) is 6.20 Å². The van der Waals surface area contributed by atoms with Gasteiger partial charge in [-0.05, 0) is 58.1 Å². The second-order valence-corrected chi connectivity index (χ2v) is 9.76. The number of nitrogens with zero attached hydrogens (tertiary/aromatic N) is 2. The van der Waals surface area contributed by atoms with Crippen LogP contribution in [0.2, 0.25) is 0 Å². The minimum Gasteiger partial charge on any atom is -0.309 e. The molecule has 0 fully saturated rings. The number of para-hydroxylation sites is 2. The summed E-state index contributed by atoms with van der Waals surface area (Å²) < 4.78 is 2.35. The summed E-state index contributed by atoms with van der Waals surface area (Å²) in [4.78, 5) is 4.80. The minimum atomic E-state index is 0.0417. The SMILES string of the molecule is CC(C)(C)c1cc(-c2cc(-n3c4ccccc4c4ccccc43)ccn2)cc2ccccc12. The average molecular weight is 427 g/mol. The molecular weight excluding hydrogens is 400 g/mol.